The molecule has 0 bridgehead atoms. The molecule has 28 heavy (non-hydrogen) atoms. The molecular weight excluding hydrogens is 356 g/mol. The van der Waals surface area contributed by atoms with Gasteiger partial charge >= 0.3 is 0 Å². The number of nitrogens with one attached hydrogen (secondary N) is 2. The lowest BCUT2D eigenvalue weighted by Gasteiger charge is -2.30. The van der Waals surface area contributed by atoms with E-state index in [-0.39, 0.29) is 18.1 Å². The first kappa shape index (κ1) is 20.8. The van der Waals surface area contributed by atoms with Crippen molar-refractivity contribution in [1.29, 1.82) is 0 Å². The van der Waals surface area contributed by atoms with E-state index in [9.17, 15) is 4.79 Å². The van der Waals surface area contributed by atoms with Crippen LogP contribution in [0.1, 0.15) is 45.1 Å². The molecule has 2 aliphatic heterocycles. The predicted molar refractivity (Wildman–Crippen MR) is 111 cm³/mol. The van der Waals surface area contributed by atoms with Gasteiger partial charge in [0.25, 0.3) is 0 Å². The third-order valence-corrected chi connectivity index (χ3v) is 5.36. The Kier molecular flexibility index (Phi) is 7.44. The molecule has 1 unspecified atom stereocenters. The van der Waals surface area contributed by atoms with Crippen LogP contribution in [0.3, 0.4) is 0 Å². The number of fused-ring (bicyclic) bond motifs is 1. The summed E-state index contributed by atoms with van der Waals surface area (Å²) in [4.78, 5) is 25.9. The highest BCUT2D eigenvalue weighted by Gasteiger charge is 2.31. The number of ether oxygens (including phenoxy) is 1. The van der Waals surface area contributed by atoms with Crippen molar-refractivity contribution in [2.45, 2.75) is 58.2 Å². The van der Waals surface area contributed by atoms with Crippen molar-refractivity contribution in [3.05, 3.63) is 11.9 Å². The number of anilines is 2. The maximum Gasteiger partial charge on any atom is 0.242 e. The van der Waals surface area contributed by atoms with Crippen LogP contribution in [0, 0.1) is 0 Å². The van der Waals surface area contributed by atoms with E-state index in [1.807, 2.05) is 30.7 Å². The maximum atomic E-state index is 13.0. The van der Waals surface area contributed by atoms with E-state index in [4.69, 9.17) is 4.74 Å². The summed E-state index contributed by atoms with van der Waals surface area (Å²) in [6.45, 7) is 8.50. The van der Waals surface area contributed by atoms with Gasteiger partial charge in [0.2, 0.25) is 5.91 Å². The first-order chi connectivity index (χ1) is 13.6. The molecule has 1 aromatic heterocycles. The zero-order valence-electron chi connectivity index (χ0n) is 17.4. The van der Waals surface area contributed by atoms with Crippen molar-refractivity contribution in [2.24, 2.45) is 0 Å². The Hall–Kier alpha value is -1.93. The molecule has 1 fully saturated rings. The van der Waals surface area contributed by atoms with E-state index >= 15 is 0 Å². The smallest absolute Gasteiger partial charge is 0.242 e. The first-order valence-corrected chi connectivity index (χ1v) is 10.5. The lowest BCUT2D eigenvalue weighted by atomic mass is 10.1. The number of amides is 1. The molecule has 156 valence electrons. The number of carbonyl (C=O) groups is 1. The van der Waals surface area contributed by atoms with Crippen molar-refractivity contribution in [3.63, 3.8) is 0 Å². The van der Waals surface area contributed by atoms with Crippen molar-refractivity contribution in [2.75, 3.05) is 50.1 Å². The Morgan fingerprint density at radius 1 is 1.29 bits per heavy atom. The highest BCUT2D eigenvalue weighted by molar-refractivity contribution is 5.83. The summed E-state index contributed by atoms with van der Waals surface area (Å²) < 4.78 is 5.61. The topological polar surface area (TPSA) is 82.6 Å². The van der Waals surface area contributed by atoms with Crippen LogP contribution >= 0.6 is 0 Å². The molecule has 1 aromatic rings. The lowest BCUT2D eigenvalue weighted by molar-refractivity contribution is -0.132. The van der Waals surface area contributed by atoms with Crippen molar-refractivity contribution in [1.82, 2.24) is 20.2 Å². The molecule has 2 aliphatic rings. The predicted octanol–water partition coefficient (Wildman–Crippen LogP) is 1.62. The zero-order valence-corrected chi connectivity index (χ0v) is 17.4. The molecule has 0 aliphatic carbocycles. The van der Waals surface area contributed by atoms with E-state index in [1.54, 1.807) is 6.33 Å². The number of hydrogen-bond donors (Lipinski definition) is 2. The molecular formula is C20H34N6O2. The summed E-state index contributed by atoms with van der Waals surface area (Å²) in [7, 11) is 1.93. The Labute approximate surface area is 168 Å². The Bertz CT molecular complexity index is 646. The summed E-state index contributed by atoms with van der Waals surface area (Å²) >= 11 is 0. The van der Waals surface area contributed by atoms with E-state index < -0.39 is 0 Å². The van der Waals surface area contributed by atoms with Crippen LogP contribution in [-0.2, 0) is 16.1 Å². The Morgan fingerprint density at radius 2 is 2.14 bits per heavy atom. The minimum Gasteiger partial charge on any atom is -0.379 e. The van der Waals surface area contributed by atoms with Crippen LogP contribution in [0.5, 0.6) is 0 Å². The third kappa shape index (κ3) is 5.32. The Morgan fingerprint density at radius 3 is 2.96 bits per heavy atom. The van der Waals surface area contributed by atoms with Gasteiger partial charge in [0, 0.05) is 26.2 Å². The molecule has 1 saturated heterocycles. The van der Waals surface area contributed by atoms with Crippen molar-refractivity contribution in [3.8, 4) is 0 Å². The summed E-state index contributed by atoms with van der Waals surface area (Å²) in [5.41, 5.74) is 1.01. The summed E-state index contributed by atoms with van der Waals surface area (Å²) in [5, 5.41) is 6.87. The molecule has 1 atom stereocenters. The number of nitrogens with zero attached hydrogens (tertiary/aromatic N) is 4. The van der Waals surface area contributed by atoms with E-state index in [0.29, 0.717) is 13.1 Å². The van der Waals surface area contributed by atoms with Crippen LogP contribution in [0.4, 0.5) is 11.6 Å². The second-order valence-electron chi connectivity index (χ2n) is 7.94. The minimum atomic E-state index is 0.170. The van der Waals surface area contributed by atoms with Gasteiger partial charge in [0.05, 0.1) is 24.8 Å². The zero-order chi connectivity index (χ0) is 19.9. The number of hydrogen-bond acceptors (Lipinski definition) is 7. The van der Waals surface area contributed by atoms with Crippen LogP contribution in [0.15, 0.2) is 6.33 Å². The molecule has 2 N–H and O–H groups in total. The minimum absolute atomic E-state index is 0.170. The van der Waals surface area contributed by atoms with Crippen molar-refractivity contribution < 1.29 is 9.53 Å². The highest BCUT2D eigenvalue weighted by Crippen LogP contribution is 2.29. The van der Waals surface area contributed by atoms with Gasteiger partial charge in [0.1, 0.15) is 18.0 Å². The van der Waals surface area contributed by atoms with E-state index in [0.717, 1.165) is 69.1 Å². The van der Waals surface area contributed by atoms with Gasteiger partial charge in [-0.05, 0) is 52.6 Å². The fourth-order valence-electron chi connectivity index (χ4n) is 3.90. The van der Waals surface area contributed by atoms with Crippen molar-refractivity contribution >= 4 is 17.5 Å². The van der Waals surface area contributed by atoms with Crippen LogP contribution in [0.2, 0.25) is 0 Å². The number of likely N-dealkylation sites (N-methyl/N-ethyl adjacent to an activating group) is 1. The molecule has 0 aromatic carbocycles. The molecule has 8 heteroatoms. The molecule has 0 spiro atoms. The van der Waals surface area contributed by atoms with Gasteiger partial charge in [-0.1, -0.05) is 0 Å². The molecule has 3 rings (SSSR count). The summed E-state index contributed by atoms with van der Waals surface area (Å²) in [5.74, 6) is 1.84. The fourth-order valence-corrected chi connectivity index (χ4v) is 3.90. The molecule has 1 amide bonds. The Balaban J connectivity index is 1.74. The normalized spacial score (nSPS) is 20.7. The van der Waals surface area contributed by atoms with Crippen LogP contribution in [0.25, 0.3) is 0 Å². The van der Waals surface area contributed by atoms with E-state index in [1.165, 1.54) is 0 Å². The lowest BCUT2D eigenvalue weighted by Crippen LogP contribution is -2.43. The quantitative estimate of drug-likeness (QED) is 0.685. The molecule has 8 nitrogen and oxygen atoms in total. The number of rotatable bonds is 7. The van der Waals surface area contributed by atoms with Crippen LogP contribution in [-0.4, -0.2) is 72.8 Å². The molecule has 0 radical (unpaired) electrons. The average Bonchev–Trinajstić information content (AvgIpc) is 3.00. The van der Waals surface area contributed by atoms with Gasteiger partial charge in [-0.3, -0.25) is 4.79 Å². The standard InChI is InChI=1S/C20H34N6O2/c1-15(2)28-11-5-9-22-19-17-12-26(16-6-4-8-21-10-7-16)18(27)13-25(3)20(17)24-14-23-19/h14-16,21H,4-13H2,1-3H3,(H,22,23,24). The van der Waals surface area contributed by atoms with Gasteiger partial charge in [0.15, 0.2) is 0 Å². The SMILES string of the molecule is CC(C)OCCCNc1ncnc2c1CN(C1CCCNCC1)C(=O)CN2C. The molecule has 0 saturated carbocycles. The van der Waals surface area contributed by atoms with Gasteiger partial charge in [-0.25, -0.2) is 9.97 Å². The van der Waals surface area contributed by atoms with Crippen LogP contribution < -0.4 is 15.5 Å². The fraction of sp³-hybridized carbons (Fsp3) is 0.750. The third-order valence-electron chi connectivity index (χ3n) is 5.36. The number of carbonyl (C=O) groups excluding carboxylic acids is 1. The second-order valence-corrected chi connectivity index (χ2v) is 7.94. The first-order valence-electron chi connectivity index (χ1n) is 10.5. The number of aromatic nitrogens is 2. The largest absolute Gasteiger partial charge is 0.379 e. The summed E-state index contributed by atoms with van der Waals surface area (Å²) in [6.07, 6.45) is 5.87. The summed E-state index contributed by atoms with van der Waals surface area (Å²) in [6, 6.07) is 0.273. The van der Waals surface area contributed by atoms with Gasteiger partial charge in [-0.15, -0.1) is 0 Å². The highest BCUT2D eigenvalue weighted by atomic mass is 16.5. The monoisotopic (exact) mass is 390 g/mol. The average molecular weight is 391 g/mol. The maximum absolute atomic E-state index is 13.0. The second kappa shape index (κ2) is 10.0. The van der Waals surface area contributed by atoms with E-state index in [2.05, 4.69) is 20.6 Å². The molecule has 3 heterocycles. The van der Waals surface area contributed by atoms with Gasteiger partial charge < -0.3 is 25.2 Å². The van der Waals surface area contributed by atoms with Gasteiger partial charge in [-0.2, -0.15) is 0 Å².